The first-order chi connectivity index (χ1) is 14.6. The molecule has 10 nitrogen and oxygen atoms in total. The number of aromatic nitrogens is 5. The molecule has 0 atom stereocenters. The predicted octanol–water partition coefficient (Wildman–Crippen LogP) is 1.24. The molecule has 0 aromatic carbocycles. The van der Waals surface area contributed by atoms with Crippen LogP contribution in [-0.2, 0) is 16.2 Å². The first-order valence-electron chi connectivity index (χ1n) is 9.36. The monoisotopic (exact) mass is 409 g/mol. The quantitative estimate of drug-likeness (QED) is 0.460. The summed E-state index contributed by atoms with van der Waals surface area (Å²) in [5.41, 5.74) is 1.38. The van der Waals surface area contributed by atoms with Gasteiger partial charge in [0, 0.05) is 23.4 Å². The summed E-state index contributed by atoms with van der Waals surface area (Å²) in [5, 5.41) is 9.80. The van der Waals surface area contributed by atoms with Crippen LogP contribution in [0.5, 0.6) is 6.01 Å². The fourth-order valence-corrected chi connectivity index (χ4v) is 3.01. The maximum Gasteiger partial charge on any atom is 0.322 e. The molecule has 152 valence electrons. The van der Waals surface area contributed by atoms with Crippen LogP contribution in [0.3, 0.4) is 0 Å². The third kappa shape index (κ3) is 3.56. The van der Waals surface area contributed by atoms with Crippen molar-refractivity contribution in [1.82, 2.24) is 29.9 Å². The molecule has 4 heterocycles. The third-order valence-electron chi connectivity index (χ3n) is 4.68. The lowest BCUT2D eigenvalue weighted by Crippen LogP contribution is -2.19. The van der Waals surface area contributed by atoms with Crippen molar-refractivity contribution < 1.29 is 18.7 Å². The van der Waals surface area contributed by atoms with E-state index in [0.29, 0.717) is 22.7 Å². The topological polar surface area (TPSA) is 123 Å². The Bertz CT molecular complexity index is 1200. The van der Waals surface area contributed by atoms with Gasteiger partial charge >= 0.3 is 6.01 Å². The standard InChI is InChI=1S/C19H16FN7O3/c20-13-2-1-5-21-14(13)9-30-19-25-16-11(6-10-7-15(28)24-17(10)29)8-22-27(16)18(26-19)23-12-3-4-12/h1-2,5-6,8,12H,3-4,7,9H2,(H,23,25,26)(H,24,28,29)/b10-6+. The number of hydrogen-bond donors (Lipinski definition) is 2. The van der Waals surface area contributed by atoms with Crippen molar-refractivity contribution in [3.05, 3.63) is 47.2 Å². The lowest BCUT2D eigenvalue weighted by Gasteiger charge is -2.09. The highest BCUT2D eigenvalue weighted by Gasteiger charge is 2.26. The van der Waals surface area contributed by atoms with Crippen LogP contribution < -0.4 is 15.4 Å². The van der Waals surface area contributed by atoms with E-state index in [1.54, 1.807) is 6.08 Å². The second kappa shape index (κ2) is 7.17. The second-order valence-electron chi connectivity index (χ2n) is 7.03. The van der Waals surface area contributed by atoms with Crippen molar-refractivity contribution in [2.45, 2.75) is 31.9 Å². The van der Waals surface area contributed by atoms with Crippen molar-refractivity contribution in [1.29, 1.82) is 0 Å². The number of pyridine rings is 1. The number of carbonyl (C=O) groups is 2. The van der Waals surface area contributed by atoms with Crippen LogP contribution in [0.2, 0.25) is 0 Å². The van der Waals surface area contributed by atoms with Gasteiger partial charge < -0.3 is 10.1 Å². The molecule has 2 amide bonds. The number of ether oxygens (including phenoxy) is 1. The molecule has 1 aliphatic carbocycles. The van der Waals surface area contributed by atoms with Gasteiger partial charge in [-0.25, -0.2) is 4.39 Å². The molecular formula is C19H16FN7O3. The Morgan fingerprint density at radius 3 is 2.93 bits per heavy atom. The lowest BCUT2D eigenvalue weighted by atomic mass is 10.1. The summed E-state index contributed by atoms with van der Waals surface area (Å²) in [6, 6.07) is 3.09. The summed E-state index contributed by atoms with van der Waals surface area (Å²) in [6.07, 6.45) is 6.60. The van der Waals surface area contributed by atoms with Crippen LogP contribution >= 0.6 is 0 Å². The van der Waals surface area contributed by atoms with Crippen molar-refractivity contribution >= 4 is 29.5 Å². The molecule has 3 aromatic rings. The molecule has 1 aliphatic heterocycles. The molecule has 0 spiro atoms. The largest absolute Gasteiger partial charge is 0.457 e. The van der Waals surface area contributed by atoms with Gasteiger partial charge in [0.1, 0.15) is 18.1 Å². The predicted molar refractivity (Wildman–Crippen MR) is 102 cm³/mol. The minimum absolute atomic E-state index is 0.00323. The first kappa shape index (κ1) is 18.2. The number of imide groups is 1. The van der Waals surface area contributed by atoms with Gasteiger partial charge in [0.05, 0.1) is 12.6 Å². The van der Waals surface area contributed by atoms with Gasteiger partial charge in [0.15, 0.2) is 5.65 Å². The summed E-state index contributed by atoms with van der Waals surface area (Å²) >= 11 is 0. The molecule has 0 radical (unpaired) electrons. The van der Waals surface area contributed by atoms with E-state index in [-0.39, 0.29) is 36.7 Å². The SMILES string of the molecule is O=C1C/C(=C\c2cnn3c(NC4CC4)nc(OCc4ncccc4F)nc23)C(=O)N1. The average Bonchev–Trinajstić information content (AvgIpc) is 3.36. The third-order valence-corrected chi connectivity index (χ3v) is 4.68. The van der Waals surface area contributed by atoms with E-state index in [4.69, 9.17) is 4.74 Å². The van der Waals surface area contributed by atoms with Gasteiger partial charge in [-0.3, -0.25) is 19.9 Å². The van der Waals surface area contributed by atoms with Crippen LogP contribution in [0.4, 0.5) is 10.3 Å². The summed E-state index contributed by atoms with van der Waals surface area (Å²) < 4.78 is 20.9. The lowest BCUT2D eigenvalue weighted by molar-refractivity contribution is -0.124. The number of nitrogens with one attached hydrogen (secondary N) is 2. The van der Waals surface area contributed by atoms with Gasteiger partial charge in [-0.2, -0.15) is 19.6 Å². The van der Waals surface area contributed by atoms with Crippen LogP contribution in [0.1, 0.15) is 30.5 Å². The highest BCUT2D eigenvalue weighted by Crippen LogP contribution is 2.26. The highest BCUT2D eigenvalue weighted by molar-refractivity contribution is 6.15. The Labute approximate surface area is 169 Å². The van der Waals surface area contributed by atoms with Crippen LogP contribution in [0, 0.1) is 5.82 Å². The van der Waals surface area contributed by atoms with Gasteiger partial charge in [-0.1, -0.05) is 0 Å². The Balaban J connectivity index is 1.51. The maximum absolute atomic E-state index is 13.8. The number of amides is 2. The molecule has 11 heteroatoms. The number of halogens is 1. The molecule has 2 aliphatic rings. The number of nitrogens with zero attached hydrogens (tertiary/aromatic N) is 5. The van der Waals surface area contributed by atoms with Crippen LogP contribution in [0.15, 0.2) is 30.1 Å². The fraction of sp³-hybridized carbons (Fsp3) is 0.263. The van der Waals surface area contributed by atoms with E-state index < -0.39 is 11.7 Å². The van der Waals surface area contributed by atoms with E-state index in [1.807, 2.05) is 0 Å². The normalized spacial score (nSPS) is 17.6. The van der Waals surface area contributed by atoms with Crippen LogP contribution in [0.25, 0.3) is 11.7 Å². The van der Waals surface area contributed by atoms with E-state index in [2.05, 4.69) is 30.7 Å². The number of carbonyl (C=O) groups excluding carboxylic acids is 2. The summed E-state index contributed by atoms with van der Waals surface area (Å²) in [7, 11) is 0. The van der Waals surface area contributed by atoms with Gasteiger partial charge in [-0.05, 0) is 31.1 Å². The van der Waals surface area contributed by atoms with Crippen molar-refractivity contribution in [2.24, 2.45) is 0 Å². The zero-order valence-corrected chi connectivity index (χ0v) is 15.6. The minimum atomic E-state index is -0.485. The maximum atomic E-state index is 13.8. The number of hydrogen-bond acceptors (Lipinski definition) is 8. The van der Waals surface area contributed by atoms with Crippen molar-refractivity contribution in [3.8, 4) is 6.01 Å². The molecule has 2 fully saturated rings. The molecule has 3 aromatic heterocycles. The Morgan fingerprint density at radius 1 is 1.33 bits per heavy atom. The zero-order valence-electron chi connectivity index (χ0n) is 15.6. The molecule has 0 unspecified atom stereocenters. The molecular weight excluding hydrogens is 393 g/mol. The van der Waals surface area contributed by atoms with Gasteiger partial charge in [0.25, 0.3) is 5.91 Å². The number of anilines is 1. The molecule has 5 rings (SSSR count). The first-order valence-corrected chi connectivity index (χ1v) is 9.36. The van der Waals surface area contributed by atoms with Crippen LogP contribution in [-0.4, -0.2) is 42.4 Å². The average molecular weight is 409 g/mol. The Hall–Kier alpha value is -3.89. The van der Waals surface area contributed by atoms with Gasteiger partial charge in [-0.15, -0.1) is 0 Å². The summed E-state index contributed by atoms with van der Waals surface area (Å²) in [4.78, 5) is 36.0. The smallest absolute Gasteiger partial charge is 0.322 e. The van der Waals surface area contributed by atoms with E-state index in [1.165, 1.54) is 29.0 Å². The highest BCUT2D eigenvalue weighted by atomic mass is 19.1. The van der Waals surface area contributed by atoms with Gasteiger partial charge in [0.2, 0.25) is 11.9 Å². The fourth-order valence-electron chi connectivity index (χ4n) is 3.01. The zero-order chi connectivity index (χ0) is 20.7. The Kier molecular flexibility index (Phi) is 4.34. The molecule has 0 bridgehead atoms. The Morgan fingerprint density at radius 2 is 2.20 bits per heavy atom. The molecule has 30 heavy (non-hydrogen) atoms. The second-order valence-corrected chi connectivity index (χ2v) is 7.03. The van der Waals surface area contributed by atoms with Crippen molar-refractivity contribution in [2.75, 3.05) is 5.32 Å². The molecule has 1 saturated heterocycles. The summed E-state index contributed by atoms with van der Waals surface area (Å²) in [6.45, 7) is -0.146. The molecule has 1 saturated carbocycles. The van der Waals surface area contributed by atoms with E-state index in [0.717, 1.165) is 12.8 Å². The molecule has 2 N–H and O–H groups in total. The van der Waals surface area contributed by atoms with E-state index in [9.17, 15) is 14.0 Å². The van der Waals surface area contributed by atoms with Crippen molar-refractivity contribution in [3.63, 3.8) is 0 Å². The minimum Gasteiger partial charge on any atom is -0.457 e. The summed E-state index contributed by atoms with van der Waals surface area (Å²) in [5.74, 6) is -0.848. The number of fused-ring (bicyclic) bond motifs is 1. The number of rotatable bonds is 6. The van der Waals surface area contributed by atoms with E-state index >= 15 is 0 Å².